The van der Waals surface area contributed by atoms with E-state index in [4.69, 9.17) is 5.73 Å². The first-order valence-corrected chi connectivity index (χ1v) is 5.60. The molecular weight excluding hydrogens is 392 g/mol. The number of nitrogens with zero attached hydrogens (tertiary/aromatic N) is 1. The zero-order chi connectivity index (χ0) is 11.0. The second-order valence-corrected chi connectivity index (χ2v) is 4.69. The summed E-state index contributed by atoms with van der Waals surface area (Å²) in [6.07, 6.45) is 2.13. The first kappa shape index (κ1) is 22.1. The molecule has 0 aromatic carbocycles. The number of piperazine rings is 1. The van der Waals surface area contributed by atoms with Crippen molar-refractivity contribution < 1.29 is 20.4 Å². The smallest absolute Gasteiger partial charge is 0.0104 e. The largest absolute Gasteiger partial charge is 0.672 e. The van der Waals surface area contributed by atoms with Crippen molar-refractivity contribution in [1.82, 2.24) is 10.2 Å². The molecule has 0 aromatic heterocycles. The summed E-state index contributed by atoms with van der Waals surface area (Å²) in [7, 11) is 2.15. The van der Waals surface area contributed by atoms with Gasteiger partial charge in [-0.1, -0.05) is 33.6 Å². The van der Waals surface area contributed by atoms with Gasteiger partial charge >= 0.3 is 0 Å². The summed E-state index contributed by atoms with van der Waals surface area (Å²) >= 11 is 0. The molecule has 1 radical (unpaired) electrons. The Kier molecular flexibility index (Phi) is 17.1. The Balaban J connectivity index is -0.000000188. The second kappa shape index (κ2) is 12.4. The predicted octanol–water partition coefficient (Wildman–Crippen LogP) is 2.25. The Morgan fingerprint density at radius 2 is 1.69 bits per heavy atom. The molecule has 0 aromatic rings. The Hall–Kier alpha value is 0.892. The third kappa shape index (κ3) is 17.3. The molecule has 2 N–H and O–H groups in total. The average Bonchev–Trinajstić information content (AvgIpc) is 2.04. The minimum absolute atomic E-state index is 0. The van der Waals surface area contributed by atoms with Gasteiger partial charge in [-0.15, -0.1) is 5.54 Å². The van der Waals surface area contributed by atoms with Crippen LogP contribution in [-0.4, -0.2) is 43.7 Å². The predicted molar refractivity (Wildman–Crippen MR) is 74.1 cm³/mol. The molecule has 1 aliphatic rings. The molecule has 0 aliphatic carbocycles. The van der Waals surface area contributed by atoms with Crippen LogP contribution in [0.1, 0.15) is 33.6 Å². The molecule has 1 heterocycles. The summed E-state index contributed by atoms with van der Waals surface area (Å²) in [5, 5.41) is 3.27. The van der Waals surface area contributed by atoms with E-state index in [2.05, 4.69) is 24.2 Å². The quantitative estimate of drug-likeness (QED) is 0.744. The molecule has 3 nitrogen and oxygen atoms in total. The van der Waals surface area contributed by atoms with Gasteiger partial charge in [0, 0.05) is 46.6 Å². The second-order valence-electron chi connectivity index (χ2n) is 4.69. The SMILES string of the molecule is CCCC(C)(C)[NH-].CN1CCNCC1.S.[Re]. The van der Waals surface area contributed by atoms with Crippen molar-refractivity contribution in [2.24, 2.45) is 0 Å². The van der Waals surface area contributed by atoms with Gasteiger partial charge in [0.2, 0.25) is 0 Å². The van der Waals surface area contributed by atoms with Gasteiger partial charge in [0.25, 0.3) is 0 Å². The summed E-state index contributed by atoms with van der Waals surface area (Å²) in [4.78, 5) is 2.33. The van der Waals surface area contributed by atoms with Gasteiger partial charge in [-0.3, -0.25) is 0 Å². The van der Waals surface area contributed by atoms with Crippen molar-refractivity contribution in [2.75, 3.05) is 33.2 Å². The molecule has 0 unspecified atom stereocenters. The van der Waals surface area contributed by atoms with Crippen molar-refractivity contribution in [1.29, 1.82) is 0 Å². The third-order valence-corrected chi connectivity index (χ3v) is 2.22. The van der Waals surface area contributed by atoms with Gasteiger partial charge in [0.1, 0.15) is 0 Å². The zero-order valence-electron chi connectivity index (χ0n) is 11.1. The minimum atomic E-state index is -0.200. The van der Waals surface area contributed by atoms with Gasteiger partial charge in [-0.05, 0) is 7.05 Å². The Labute approximate surface area is 122 Å². The van der Waals surface area contributed by atoms with Gasteiger partial charge in [-0.2, -0.15) is 13.5 Å². The number of hydrogen-bond donors (Lipinski definition) is 1. The van der Waals surface area contributed by atoms with E-state index in [-0.39, 0.29) is 39.5 Å². The molecule has 101 valence electrons. The maximum absolute atomic E-state index is 7.33. The van der Waals surface area contributed by atoms with Crippen LogP contribution in [0.25, 0.3) is 5.73 Å². The number of hydrogen-bond acceptors (Lipinski definition) is 2. The van der Waals surface area contributed by atoms with Crippen LogP contribution in [0.2, 0.25) is 0 Å². The molecular formula is C11H28N3ReS-. The van der Waals surface area contributed by atoms with Crippen molar-refractivity contribution in [2.45, 2.75) is 39.2 Å². The molecule has 1 fully saturated rings. The van der Waals surface area contributed by atoms with Crippen molar-refractivity contribution in [3.05, 3.63) is 5.73 Å². The van der Waals surface area contributed by atoms with Gasteiger partial charge < -0.3 is 16.0 Å². The first-order chi connectivity index (χ1) is 6.45. The van der Waals surface area contributed by atoms with Crippen LogP contribution in [0.3, 0.4) is 0 Å². The molecule has 1 aliphatic heterocycles. The van der Waals surface area contributed by atoms with Gasteiger partial charge in [-0.25, -0.2) is 0 Å². The normalized spacial score (nSPS) is 16.3. The summed E-state index contributed by atoms with van der Waals surface area (Å²) in [5.41, 5.74) is 7.13. The molecule has 16 heavy (non-hydrogen) atoms. The van der Waals surface area contributed by atoms with E-state index in [1.54, 1.807) is 0 Å². The maximum Gasteiger partial charge on any atom is 0.0104 e. The summed E-state index contributed by atoms with van der Waals surface area (Å²) < 4.78 is 0. The molecule has 1 rings (SSSR count). The molecule has 0 bridgehead atoms. The van der Waals surface area contributed by atoms with E-state index in [0.29, 0.717) is 0 Å². The van der Waals surface area contributed by atoms with E-state index in [9.17, 15) is 0 Å². The monoisotopic (exact) mass is 421 g/mol. The average molecular weight is 421 g/mol. The number of rotatable bonds is 2. The minimum Gasteiger partial charge on any atom is -0.672 e. The summed E-state index contributed by atoms with van der Waals surface area (Å²) in [6, 6.07) is 0. The maximum atomic E-state index is 7.33. The van der Waals surface area contributed by atoms with Crippen LogP contribution < -0.4 is 5.32 Å². The topological polar surface area (TPSA) is 39.1 Å². The fourth-order valence-corrected chi connectivity index (χ4v) is 1.40. The van der Waals surface area contributed by atoms with Gasteiger partial charge in [0.05, 0.1) is 0 Å². The van der Waals surface area contributed by atoms with Crippen molar-refractivity contribution >= 4 is 13.5 Å². The van der Waals surface area contributed by atoms with E-state index in [0.717, 1.165) is 25.9 Å². The molecule has 0 spiro atoms. The number of nitrogens with one attached hydrogen (secondary N) is 2. The van der Waals surface area contributed by atoms with E-state index < -0.39 is 0 Å². The Morgan fingerprint density at radius 3 is 1.81 bits per heavy atom. The van der Waals surface area contributed by atoms with Crippen LogP contribution in [0.4, 0.5) is 0 Å². The number of likely N-dealkylation sites (N-methyl/N-ethyl adjacent to an activating group) is 1. The Bertz CT molecular complexity index is 134. The zero-order valence-corrected chi connectivity index (χ0v) is 14.8. The molecule has 0 atom stereocenters. The van der Waals surface area contributed by atoms with Crippen LogP contribution >= 0.6 is 13.5 Å². The van der Waals surface area contributed by atoms with Gasteiger partial charge in [0.15, 0.2) is 0 Å². The van der Waals surface area contributed by atoms with Crippen molar-refractivity contribution in [3.63, 3.8) is 0 Å². The molecule has 5 heteroatoms. The first-order valence-electron chi connectivity index (χ1n) is 5.60. The summed E-state index contributed by atoms with van der Waals surface area (Å²) in [6.45, 7) is 10.7. The molecule has 1 saturated heterocycles. The fourth-order valence-electron chi connectivity index (χ4n) is 1.40. The third-order valence-electron chi connectivity index (χ3n) is 2.22. The van der Waals surface area contributed by atoms with Crippen LogP contribution in [0.15, 0.2) is 0 Å². The standard InChI is InChI=1S/C6H14N.C5H12N2.Re.H2S/c1-4-5-6(2,3)7;1-7-4-2-6-3-5-7;;/h7H,4-5H2,1-3H3;6H,2-5H2,1H3;;1H2/q-1;;;. The van der Waals surface area contributed by atoms with Crippen LogP contribution in [-0.2, 0) is 20.4 Å². The Morgan fingerprint density at radius 1 is 1.25 bits per heavy atom. The van der Waals surface area contributed by atoms with E-state index >= 15 is 0 Å². The van der Waals surface area contributed by atoms with Crippen molar-refractivity contribution in [3.8, 4) is 0 Å². The van der Waals surface area contributed by atoms with E-state index in [1.165, 1.54) is 13.1 Å². The fraction of sp³-hybridized carbons (Fsp3) is 1.00. The summed E-state index contributed by atoms with van der Waals surface area (Å²) in [5.74, 6) is 0. The van der Waals surface area contributed by atoms with Crippen LogP contribution in [0, 0.1) is 0 Å². The van der Waals surface area contributed by atoms with Crippen LogP contribution in [0.5, 0.6) is 0 Å². The van der Waals surface area contributed by atoms with E-state index in [1.807, 2.05) is 13.8 Å². The molecule has 0 saturated carbocycles. The molecule has 0 amide bonds.